The number of hydrogen-bond donors (Lipinski definition) is 2. The van der Waals surface area contributed by atoms with Crippen molar-refractivity contribution in [3.8, 4) is 0 Å². The van der Waals surface area contributed by atoms with Crippen LogP contribution in [-0.2, 0) is 11.3 Å². The number of amides is 1. The molecule has 0 bridgehead atoms. The van der Waals surface area contributed by atoms with Crippen LogP contribution in [0.25, 0.3) is 6.08 Å². The summed E-state index contributed by atoms with van der Waals surface area (Å²) in [4.78, 5) is 11.7. The average Bonchev–Trinajstić information content (AvgIpc) is 2.46. The fourth-order valence-corrected chi connectivity index (χ4v) is 2.09. The number of nitrogens with two attached hydrogens (primary N) is 1. The lowest BCUT2D eigenvalue weighted by molar-refractivity contribution is -0.116. The SMILES string of the molecule is Nc1ccc(/C=C/C(=O)NCc2ccccc2Br)cc1. The minimum atomic E-state index is -0.127. The number of nitrogens with one attached hydrogen (secondary N) is 1. The van der Waals surface area contributed by atoms with Crippen LogP contribution in [0.1, 0.15) is 11.1 Å². The van der Waals surface area contributed by atoms with E-state index in [-0.39, 0.29) is 5.91 Å². The van der Waals surface area contributed by atoms with Gasteiger partial charge in [-0.05, 0) is 35.4 Å². The number of anilines is 1. The second-order valence-electron chi connectivity index (χ2n) is 4.31. The minimum Gasteiger partial charge on any atom is -0.399 e. The molecule has 3 N–H and O–H groups in total. The van der Waals surface area contributed by atoms with Gasteiger partial charge in [0.1, 0.15) is 0 Å². The maximum absolute atomic E-state index is 11.7. The third-order valence-corrected chi connectivity index (χ3v) is 3.55. The number of rotatable bonds is 4. The molecule has 0 fully saturated rings. The van der Waals surface area contributed by atoms with Gasteiger partial charge >= 0.3 is 0 Å². The second kappa shape index (κ2) is 6.91. The maximum Gasteiger partial charge on any atom is 0.244 e. The van der Waals surface area contributed by atoms with Crippen LogP contribution in [0.4, 0.5) is 5.69 Å². The normalized spacial score (nSPS) is 10.7. The summed E-state index contributed by atoms with van der Waals surface area (Å²) in [5, 5.41) is 2.84. The highest BCUT2D eigenvalue weighted by Gasteiger charge is 2.00. The molecule has 0 unspecified atom stereocenters. The highest BCUT2D eigenvalue weighted by molar-refractivity contribution is 9.10. The van der Waals surface area contributed by atoms with Crippen molar-refractivity contribution in [2.45, 2.75) is 6.54 Å². The van der Waals surface area contributed by atoms with Gasteiger partial charge in [0, 0.05) is 22.8 Å². The molecule has 0 aliphatic carbocycles. The first kappa shape index (κ1) is 14.3. The first-order valence-corrected chi connectivity index (χ1v) is 6.99. The van der Waals surface area contributed by atoms with Crippen molar-refractivity contribution in [3.05, 3.63) is 70.2 Å². The van der Waals surface area contributed by atoms with Crippen LogP contribution in [0.3, 0.4) is 0 Å². The van der Waals surface area contributed by atoms with E-state index in [0.717, 1.165) is 15.6 Å². The van der Waals surface area contributed by atoms with Crippen LogP contribution < -0.4 is 11.1 Å². The third kappa shape index (κ3) is 4.24. The predicted octanol–water partition coefficient (Wildman–Crippen LogP) is 3.36. The lowest BCUT2D eigenvalue weighted by Crippen LogP contribution is -2.20. The van der Waals surface area contributed by atoms with Gasteiger partial charge in [-0.15, -0.1) is 0 Å². The Balaban J connectivity index is 1.90. The van der Waals surface area contributed by atoms with E-state index in [2.05, 4.69) is 21.2 Å². The van der Waals surface area contributed by atoms with Crippen LogP contribution >= 0.6 is 15.9 Å². The summed E-state index contributed by atoms with van der Waals surface area (Å²) in [5.74, 6) is -0.127. The van der Waals surface area contributed by atoms with Crippen LogP contribution in [-0.4, -0.2) is 5.91 Å². The molecule has 0 radical (unpaired) electrons. The molecule has 2 aromatic rings. The molecule has 20 heavy (non-hydrogen) atoms. The van der Waals surface area contributed by atoms with E-state index >= 15 is 0 Å². The average molecular weight is 331 g/mol. The Hall–Kier alpha value is -2.07. The number of benzene rings is 2. The fraction of sp³-hybridized carbons (Fsp3) is 0.0625. The zero-order valence-corrected chi connectivity index (χ0v) is 12.4. The van der Waals surface area contributed by atoms with Crippen molar-refractivity contribution in [2.24, 2.45) is 0 Å². The van der Waals surface area contributed by atoms with Crippen molar-refractivity contribution < 1.29 is 4.79 Å². The fourth-order valence-electron chi connectivity index (χ4n) is 1.66. The molecule has 2 aromatic carbocycles. The van der Waals surface area contributed by atoms with Gasteiger partial charge in [0.15, 0.2) is 0 Å². The summed E-state index contributed by atoms with van der Waals surface area (Å²) in [6.07, 6.45) is 3.27. The molecular weight excluding hydrogens is 316 g/mol. The highest BCUT2D eigenvalue weighted by atomic mass is 79.9. The number of nitrogen functional groups attached to an aromatic ring is 1. The van der Waals surface area contributed by atoms with E-state index in [4.69, 9.17) is 5.73 Å². The Morgan fingerprint density at radius 2 is 1.85 bits per heavy atom. The Morgan fingerprint density at radius 3 is 2.55 bits per heavy atom. The largest absolute Gasteiger partial charge is 0.399 e. The van der Waals surface area contributed by atoms with Gasteiger partial charge in [-0.2, -0.15) is 0 Å². The molecule has 1 amide bonds. The molecule has 0 aliphatic heterocycles. The number of halogens is 1. The molecule has 0 aliphatic rings. The van der Waals surface area contributed by atoms with Gasteiger partial charge in [-0.25, -0.2) is 0 Å². The summed E-state index contributed by atoms with van der Waals surface area (Å²) in [5.41, 5.74) is 8.29. The molecule has 2 rings (SSSR count). The molecule has 4 heteroatoms. The lowest BCUT2D eigenvalue weighted by Gasteiger charge is -2.04. The van der Waals surface area contributed by atoms with E-state index in [0.29, 0.717) is 12.2 Å². The predicted molar refractivity (Wildman–Crippen MR) is 85.9 cm³/mol. The smallest absolute Gasteiger partial charge is 0.244 e. The van der Waals surface area contributed by atoms with Gasteiger partial charge in [0.2, 0.25) is 5.91 Å². The first-order chi connectivity index (χ1) is 9.65. The maximum atomic E-state index is 11.7. The van der Waals surface area contributed by atoms with Crippen LogP contribution in [0, 0.1) is 0 Å². The van der Waals surface area contributed by atoms with E-state index in [1.807, 2.05) is 36.4 Å². The molecule has 0 atom stereocenters. The van der Waals surface area contributed by atoms with Crippen molar-refractivity contribution >= 4 is 33.6 Å². The van der Waals surface area contributed by atoms with Crippen molar-refractivity contribution in [1.82, 2.24) is 5.32 Å². The molecular formula is C16H15BrN2O. The third-order valence-electron chi connectivity index (χ3n) is 2.77. The van der Waals surface area contributed by atoms with Crippen LogP contribution in [0.15, 0.2) is 59.1 Å². The van der Waals surface area contributed by atoms with Crippen molar-refractivity contribution in [1.29, 1.82) is 0 Å². The highest BCUT2D eigenvalue weighted by Crippen LogP contribution is 2.15. The molecule has 102 valence electrons. The van der Waals surface area contributed by atoms with E-state index in [1.165, 1.54) is 6.08 Å². The standard InChI is InChI=1S/C16H15BrN2O/c17-15-4-2-1-3-13(15)11-19-16(20)10-7-12-5-8-14(18)9-6-12/h1-10H,11,18H2,(H,19,20)/b10-7+. The molecule has 0 aromatic heterocycles. The molecule has 0 spiro atoms. The zero-order valence-electron chi connectivity index (χ0n) is 10.8. The summed E-state index contributed by atoms with van der Waals surface area (Å²) >= 11 is 3.45. The monoisotopic (exact) mass is 330 g/mol. The van der Waals surface area contributed by atoms with Crippen LogP contribution in [0.2, 0.25) is 0 Å². The lowest BCUT2D eigenvalue weighted by atomic mass is 10.2. The summed E-state index contributed by atoms with van der Waals surface area (Å²) in [7, 11) is 0. The summed E-state index contributed by atoms with van der Waals surface area (Å²) < 4.78 is 0.989. The Kier molecular flexibility index (Phi) is 4.96. The Bertz CT molecular complexity index is 621. The number of hydrogen-bond acceptors (Lipinski definition) is 2. The van der Waals surface area contributed by atoms with E-state index < -0.39 is 0 Å². The minimum absolute atomic E-state index is 0.127. The van der Waals surface area contributed by atoms with Gasteiger partial charge in [-0.1, -0.05) is 46.3 Å². The topological polar surface area (TPSA) is 55.1 Å². The molecule has 0 heterocycles. The van der Waals surface area contributed by atoms with Crippen LogP contribution in [0.5, 0.6) is 0 Å². The first-order valence-electron chi connectivity index (χ1n) is 6.20. The van der Waals surface area contributed by atoms with E-state index in [9.17, 15) is 4.79 Å². The van der Waals surface area contributed by atoms with Gasteiger partial charge < -0.3 is 11.1 Å². The zero-order chi connectivity index (χ0) is 14.4. The van der Waals surface area contributed by atoms with Crippen molar-refractivity contribution in [2.75, 3.05) is 5.73 Å². The molecule has 3 nitrogen and oxygen atoms in total. The molecule has 0 saturated heterocycles. The summed E-state index contributed by atoms with van der Waals surface area (Å²) in [6.45, 7) is 0.492. The quantitative estimate of drug-likeness (QED) is 0.667. The van der Waals surface area contributed by atoms with Gasteiger partial charge in [0.05, 0.1) is 0 Å². The second-order valence-corrected chi connectivity index (χ2v) is 5.16. The van der Waals surface area contributed by atoms with Crippen molar-refractivity contribution in [3.63, 3.8) is 0 Å². The number of carbonyl (C=O) groups excluding carboxylic acids is 1. The Labute approximate surface area is 126 Å². The van der Waals surface area contributed by atoms with Gasteiger partial charge in [0.25, 0.3) is 0 Å². The molecule has 0 saturated carbocycles. The Morgan fingerprint density at radius 1 is 1.15 bits per heavy atom. The van der Waals surface area contributed by atoms with E-state index in [1.54, 1.807) is 18.2 Å². The number of carbonyl (C=O) groups is 1. The summed E-state index contributed by atoms with van der Waals surface area (Å²) in [6, 6.07) is 15.1. The van der Waals surface area contributed by atoms with Gasteiger partial charge in [-0.3, -0.25) is 4.79 Å².